The first-order valence-electron chi connectivity index (χ1n) is 5.06. The molecular weight excluding hydrogens is 196 g/mol. The van der Waals surface area contributed by atoms with E-state index >= 15 is 0 Å². The third kappa shape index (κ3) is 4.63. The first kappa shape index (κ1) is 13.7. The number of carboxylic acid groups (broad SMARTS) is 1. The molecule has 0 heterocycles. The van der Waals surface area contributed by atoms with Crippen LogP contribution in [0.3, 0.4) is 0 Å². The quantitative estimate of drug-likeness (QED) is 0.318. The average molecular weight is 214 g/mol. The SMILES string of the molecule is C/C=C(\C)C(C(=O)O)C(=O)OCCCC. The van der Waals surface area contributed by atoms with E-state index in [4.69, 9.17) is 9.84 Å². The molecule has 0 bridgehead atoms. The normalized spacial score (nSPS) is 13.4. The van der Waals surface area contributed by atoms with Crippen LogP contribution in [0.2, 0.25) is 0 Å². The van der Waals surface area contributed by atoms with E-state index < -0.39 is 17.9 Å². The molecule has 0 spiro atoms. The number of rotatable bonds is 6. The molecule has 4 heteroatoms. The second-order valence-corrected chi connectivity index (χ2v) is 3.32. The molecule has 0 amide bonds. The summed E-state index contributed by atoms with van der Waals surface area (Å²) in [6, 6.07) is 0. The predicted octanol–water partition coefficient (Wildman–Crippen LogP) is 2.00. The van der Waals surface area contributed by atoms with Gasteiger partial charge in [0.15, 0.2) is 5.92 Å². The van der Waals surface area contributed by atoms with E-state index in [2.05, 4.69) is 0 Å². The molecule has 0 radical (unpaired) electrons. The lowest BCUT2D eigenvalue weighted by Gasteiger charge is -2.12. The zero-order valence-corrected chi connectivity index (χ0v) is 9.45. The van der Waals surface area contributed by atoms with Crippen molar-refractivity contribution in [1.82, 2.24) is 0 Å². The lowest BCUT2D eigenvalue weighted by Crippen LogP contribution is -2.27. The van der Waals surface area contributed by atoms with Gasteiger partial charge >= 0.3 is 11.9 Å². The van der Waals surface area contributed by atoms with Gasteiger partial charge in [0.2, 0.25) is 0 Å². The van der Waals surface area contributed by atoms with Gasteiger partial charge in [-0.05, 0) is 20.3 Å². The summed E-state index contributed by atoms with van der Waals surface area (Å²) in [4.78, 5) is 22.2. The summed E-state index contributed by atoms with van der Waals surface area (Å²) in [5.41, 5.74) is 0.504. The average Bonchev–Trinajstić information content (AvgIpc) is 2.17. The summed E-state index contributed by atoms with van der Waals surface area (Å²) in [6.07, 6.45) is 3.28. The molecular formula is C11H18O4. The molecule has 0 rings (SSSR count). The van der Waals surface area contributed by atoms with Crippen LogP contribution in [-0.2, 0) is 14.3 Å². The number of ether oxygens (including phenoxy) is 1. The van der Waals surface area contributed by atoms with Crippen molar-refractivity contribution in [3.05, 3.63) is 11.6 Å². The van der Waals surface area contributed by atoms with Crippen molar-refractivity contribution in [3.63, 3.8) is 0 Å². The highest BCUT2D eigenvalue weighted by atomic mass is 16.5. The van der Waals surface area contributed by atoms with Crippen LogP contribution >= 0.6 is 0 Å². The topological polar surface area (TPSA) is 63.6 Å². The lowest BCUT2D eigenvalue weighted by molar-refractivity contribution is -0.156. The first-order valence-corrected chi connectivity index (χ1v) is 5.06. The Morgan fingerprint density at radius 1 is 1.47 bits per heavy atom. The summed E-state index contributed by atoms with van der Waals surface area (Å²) in [7, 11) is 0. The molecule has 86 valence electrons. The van der Waals surface area contributed by atoms with E-state index in [0.29, 0.717) is 5.57 Å². The number of carbonyl (C=O) groups excluding carboxylic acids is 1. The second-order valence-electron chi connectivity index (χ2n) is 3.32. The van der Waals surface area contributed by atoms with E-state index in [1.807, 2.05) is 6.92 Å². The Hall–Kier alpha value is -1.32. The standard InChI is InChI=1S/C11H18O4/c1-4-6-7-15-11(14)9(10(12)13)8(3)5-2/h5,9H,4,6-7H2,1-3H3,(H,12,13)/b8-5+. The van der Waals surface area contributed by atoms with Gasteiger partial charge in [0, 0.05) is 0 Å². The van der Waals surface area contributed by atoms with Crippen LogP contribution < -0.4 is 0 Å². The first-order chi connectivity index (χ1) is 7.04. The third-order valence-electron chi connectivity index (χ3n) is 2.14. The predicted molar refractivity (Wildman–Crippen MR) is 56.4 cm³/mol. The fraction of sp³-hybridized carbons (Fsp3) is 0.636. The molecule has 0 saturated carbocycles. The van der Waals surface area contributed by atoms with E-state index in [-0.39, 0.29) is 6.61 Å². The number of carbonyl (C=O) groups is 2. The number of hydrogen-bond acceptors (Lipinski definition) is 3. The van der Waals surface area contributed by atoms with Crippen molar-refractivity contribution in [2.75, 3.05) is 6.61 Å². The summed E-state index contributed by atoms with van der Waals surface area (Å²) in [5.74, 6) is -2.99. The maximum absolute atomic E-state index is 11.4. The minimum absolute atomic E-state index is 0.288. The van der Waals surface area contributed by atoms with Gasteiger partial charge in [-0.25, -0.2) is 0 Å². The van der Waals surface area contributed by atoms with E-state index in [1.54, 1.807) is 19.9 Å². The van der Waals surface area contributed by atoms with Gasteiger partial charge in [0.1, 0.15) is 0 Å². The van der Waals surface area contributed by atoms with E-state index in [9.17, 15) is 9.59 Å². The van der Waals surface area contributed by atoms with Crippen LogP contribution in [0.1, 0.15) is 33.6 Å². The van der Waals surface area contributed by atoms with Crippen LogP contribution in [-0.4, -0.2) is 23.7 Å². The Morgan fingerprint density at radius 3 is 2.47 bits per heavy atom. The highest BCUT2D eigenvalue weighted by Crippen LogP contribution is 2.13. The minimum atomic E-state index is -1.16. The number of esters is 1. The van der Waals surface area contributed by atoms with Crippen LogP contribution in [0.25, 0.3) is 0 Å². The van der Waals surface area contributed by atoms with Crippen molar-refractivity contribution < 1.29 is 19.4 Å². The maximum atomic E-state index is 11.4. The Kier molecular flexibility index (Phi) is 6.42. The third-order valence-corrected chi connectivity index (χ3v) is 2.14. The molecule has 1 unspecified atom stereocenters. The van der Waals surface area contributed by atoms with Crippen molar-refractivity contribution >= 4 is 11.9 Å². The monoisotopic (exact) mass is 214 g/mol. The smallest absolute Gasteiger partial charge is 0.324 e. The highest BCUT2D eigenvalue weighted by Gasteiger charge is 2.28. The molecule has 0 aliphatic rings. The van der Waals surface area contributed by atoms with Gasteiger partial charge in [0.25, 0.3) is 0 Å². The minimum Gasteiger partial charge on any atom is -0.480 e. The Bertz CT molecular complexity index is 255. The number of carboxylic acids is 1. The van der Waals surface area contributed by atoms with Gasteiger partial charge in [-0.3, -0.25) is 9.59 Å². The van der Waals surface area contributed by atoms with Crippen LogP contribution in [0, 0.1) is 5.92 Å². The summed E-state index contributed by atoms with van der Waals surface area (Å²) in [5, 5.41) is 8.86. The fourth-order valence-electron chi connectivity index (χ4n) is 1.05. The van der Waals surface area contributed by atoms with Crippen LogP contribution in [0.15, 0.2) is 11.6 Å². The number of allylic oxidation sites excluding steroid dienone is 1. The summed E-state index contributed by atoms with van der Waals surface area (Å²) in [6.45, 7) is 5.57. The van der Waals surface area contributed by atoms with Gasteiger partial charge in [-0.15, -0.1) is 0 Å². The zero-order valence-electron chi connectivity index (χ0n) is 9.45. The Morgan fingerprint density at radius 2 is 2.07 bits per heavy atom. The van der Waals surface area contributed by atoms with Crippen molar-refractivity contribution in [3.8, 4) is 0 Å². The Labute approximate surface area is 89.9 Å². The molecule has 15 heavy (non-hydrogen) atoms. The van der Waals surface area contributed by atoms with Gasteiger partial charge in [-0.2, -0.15) is 0 Å². The number of unbranched alkanes of at least 4 members (excludes halogenated alkanes) is 1. The van der Waals surface area contributed by atoms with Crippen molar-refractivity contribution in [1.29, 1.82) is 0 Å². The largest absolute Gasteiger partial charge is 0.480 e. The highest BCUT2D eigenvalue weighted by molar-refractivity contribution is 5.97. The lowest BCUT2D eigenvalue weighted by atomic mass is 10.0. The molecule has 0 aromatic carbocycles. The second kappa shape index (κ2) is 7.04. The molecule has 0 fully saturated rings. The molecule has 1 N–H and O–H groups in total. The number of aliphatic carboxylic acids is 1. The van der Waals surface area contributed by atoms with Gasteiger partial charge in [0.05, 0.1) is 6.61 Å². The zero-order chi connectivity index (χ0) is 11.8. The molecule has 0 aromatic rings. The molecule has 0 aromatic heterocycles. The van der Waals surface area contributed by atoms with E-state index in [1.165, 1.54) is 0 Å². The van der Waals surface area contributed by atoms with Crippen molar-refractivity contribution in [2.24, 2.45) is 5.92 Å². The molecule has 0 aliphatic carbocycles. The fourth-order valence-corrected chi connectivity index (χ4v) is 1.05. The summed E-state index contributed by atoms with van der Waals surface area (Å²) >= 11 is 0. The maximum Gasteiger partial charge on any atom is 0.324 e. The molecule has 0 saturated heterocycles. The van der Waals surface area contributed by atoms with Crippen LogP contribution in [0.4, 0.5) is 0 Å². The van der Waals surface area contributed by atoms with Gasteiger partial charge in [-0.1, -0.05) is 25.0 Å². The number of hydrogen-bond donors (Lipinski definition) is 1. The molecule has 1 atom stereocenters. The van der Waals surface area contributed by atoms with Crippen LogP contribution in [0.5, 0.6) is 0 Å². The van der Waals surface area contributed by atoms with E-state index in [0.717, 1.165) is 12.8 Å². The molecule has 4 nitrogen and oxygen atoms in total. The summed E-state index contributed by atoms with van der Waals surface area (Å²) < 4.78 is 4.87. The molecule has 0 aliphatic heterocycles. The van der Waals surface area contributed by atoms with Crippen molar-refractivity contribution in [2.45, 2.75) is 33.6 Å². The van der Waals surface area contributed by atoms with Gasteiger partial charge < -0.3 is 9.84 Å². The Balaban J connectivity index is 4.38.